The van der Waals surface area contributed by atoms with Crippen LogP contribution in [0.1, 0.15) is 35.2 Å². The van der Waals surface area contributed by atoms with Crippen LogP contribution in [-0.2, 0) is 12.8 Å². The fourth-order valence-electron chi connectivity index (χ4n) is 3.78. The second-order valence-corrected chi connectivity index (χ2v) is 7.43. The van der Waals surface area contributed by atoms with Gasteiger partial charge in [-0.15, -0.1) is 0 Å². The Bertz CT molecular complexity index is 964. The normalized spacial score (nSPS) is 13.6. The number of anilines is 1. The summed E-state index contributed by atoms with van der Waals surface area (Å²) in [6, 6.07) is 14.1. The molecule has 0 atom stereocenters. The lowest BCUT2D eigenvalue weighted by molar-refractivity contribution is 0.410. The highest BCUT2D eigenvalue weighted by molar-refractivity contribution is 6.30. The van der Waals surface area contributed by atoms with Crippen molar-refractivity contribution < 1.29 is 4.74 Å². The summed E-state index contributed by atoms with van der Waals surface area (Å²) in [6.45, 7) is 3.05. The summed E-state index contributed by atoms with van der Waals surface area (Å²) < 4.78 is 7.60. The van der Waals surface area contributed by atoms with Gasteiger partial charge in [-0.05, 0) is 56.0 Å². The van der Waals surface area contributed by atoms with Gasteiger partial charge in [0.1, 0.15) is 11.6 Å². The zero-order valence-corrected chi connectivity index (χ0v) is 16.5. The third kappa shape index (κ3) is 3.54. The maximum atomic E-state index is 6.16. The number of aromatic nitrogens is 2. The number of nitrogens with zero attached hydrogens (tertiary/aromatic N) is 2. The van der Waals surface area contributed by atoms with E-state index in [4.69, 9.17) is 21.4 Å². The van der Waals surface area contributed by atoms with Crippen molar-refractivity contribution in [2.75, 3.05) is 19.0 Å². The summed E-state index contributed by atoms with van der Waals surface area (Å²) >= 11 is 6.16. The van der Waals surface area contributed by atoms with E-state index in [0.29, 0.717) is 0 Å². The number of benzene rings is 2. The molecule has 140 valence electrons. The third-order valence-electron chi connectivity index (χ3n) is 5.15. The van der Waals surface area contributed by atoms with Crippen LogP contribution >= 0.6 is 11.6 Å². The SMILES string of the molecule is COc1ccccc1Cc1nn(-c2ccc(Cl)cc2C)c2c1CCCCN2. The molecule has 1 N–H and O–H groups in total. The molecule has 0 fully saturated rings. The lowest BCUT2D eigenvalue weighted by Gasteiger charge is -2.11. The molecular weight excluding hydrogens is 358 g/mol. The Morgan fingerprint density at radius 2 is 2.04 bits per heavy atom. The Morgan fingerprint density at radius 3 is 2.85 bits per heavy atom. The van der Waals surface area contributed by atoms with Gasteiger partial charge in [0.05, 0.1) is 18.5 Å². The lowest BCUT2D eigenvalue weighted by atomic mass is 10.0. The highest BCUT2D eigenvalue weighted by Crippen LogP contribution is 2.32. The fraction of sp³-hybridized carbons (Fsp3) is 0.318. The molecule has 0 unspecified atom stereocenters. The Hall–Kier alpha value is -2.46. The van der Waals surface area contributed by atoms with Gasteiger partial charge in [0.2, 0.25) is 0 Å². The molecule has 0 saturated heterocycles. The molecule has 2 heterocycles. The number of hydrogen-bond acceptors (Lipinski definition) is 3. The Morgan fingerprint density at radius 1 is 1.19 bits per heavy atom. The molecule has 1 aliphatic heterocycles. The predicted octanol–water partition coefficient (Wildman–Crippen LogP) is 5.18. The summed E-state index contributed by atoms with van der Waals surface area (Å²) in [5, 5.41) is 9.37. The number of halogens is 1. The monoisotopic (exact) mass is 381 g/mol. The molecule has 4 nitrogen and oxygen atoms in total. The molecule has 5 heteroatoms. The zero-order chi connectivity index (χ0) is 18.8. The van der Waals surface area contributed by atoms with Crippen molar-refractivity contribution in [3.63, 3.8) is 0 Å². The standard InChI is InChI=1S/C22H24ClN3O/c1-15-13-17(23)10-11-20(15)26-22-18(8-5-6-12-24-22)19(25-26)14-16-7-3-4-9-21(16)27-2/h3-4,7,9-11,13,24H,5-6,8,12,14H2,1-2H3. The summed E-state index contributed by atoms with van der Waals surface area (Å²) in [6.07, 6.45) is 4.14. The Labute approximate surface area is 165 Å². The molecule has 1 aromatic heterocycles. The van der Waals surface area contributed by atoms with E-state index in [1.165, 1.54) is 18.4 Å². The van der Waals surface area contributed by atoms with Crippen LogP contribution in [-0.4, -0.2) is 23.4 Å². The van der Waals surface area contributed by atoms with Crippen LogP contribution in [0, 0.1) is 6.92 Å². The van der Waals surface area contributed by atoms with Crippen molar-refractivity contribution in [3.8, 4) is 11.4 Å². The first-order valence-corrected chi connectivity index (χ1v) is 9.78. The van der Waals surface area contributed by atoms with E-state index in [2.05, 4.69) is 29.1 Å². The molecule has 2 aromatic carbocycles. The lowest BCUT2D eigenvalue weighted by Crippen LogP contribution is -2.08. The largest absolute Gasteiger partial charge is 0.496 e. The van der Waals surface area contributed by atoms with Crippen LogP contribution < -0.4 is 10.1 Å². The van der Waals surface area contributed by atoms with Crippen molar-refractivity contribution in [1.29, 1.82) is 0 Å². The van der Waals surface area contributed by atoms with Crippen LogP contribution in [0.15, 0.2) is 42.5 Å². The molecule has 1 aliphatic rings. The van der Waals surface area contributed by atoms with Gasteiger partial charge in [-0.1, -0.05) is 29.8 Å². The van der Waals surface area contributed by atoms with Crippen LogP contribution in [0.25, 0.3) is 5.69 Å². The Kier molecular flexibility index (Phi) is 5.08. The van der Waals surface area contributed by atoms with Gasteiger partial charge in [0, 0.05) is 29.1 Å². The van der Waals surface area contributed by atoms with Crippen LogP contribution in [0.3, 0.4) is 0 Å². The minimum Gasteiger partial charge on any atom is -0.496 e. The minimum absolute atomic E-state index is 0.747. The van der Waals surface area contributed by atoms with E-state index < -0.39 is 0 Å². The summed E-state index contributed by atoms with van der Waals surface area (Å²) in [5.74, 6) is 2.02. The number of rotatable bonds is 4. The maximum Gasteiger partial charge on any atom is 0.133 e. The van der Waals surface area contributed by atoms with Gasteiger partial charge in [-0.2, -0.15) is 5.10 Å². The minimum atomic E-state index is 0.747. The van der Waals surface area contributed by atoms with Crippen molar-refractivity contribution in [3.05, 3.63) is 69.9 Å². The van der Waals surface area contributed by atoms with Crippen molar-refractivity contribution >= 4 is 17.4 Å². The fourth-order valence-corrected chi connectivity index (χ4v) is 4.00. The molecule has 0 saturated carbocycles. The summed E-state index contributed by atoms with van der Waals surface area (Å²) in [7, 11) is 1.72. The van der Waals surface area contributed by atoms with E-state index in [0.717, 1.165) is 58.5 Å². The number of ether oxygens (including phenoxy) is 1. The van der Waals surface area contributed by atoms with E-state index in [1.54, 1.807) is 7.11 Å². The van der Waals surface area contributed by atoms with E-state index in [1.807, 2.05) is 30.3 Å². The number of aryl methyl sites for hydroxylation is 1. The van der Waals surface area contributed by atoms with Gasteiger partial charge in [-0.3, -0.25) is 0 Å². The first-order chi connectivity index (χ1) is 13.2. The highest BCUT2D eigenvalue weighted by Gasteiger charge is 2.22. The first kappa shape index (κ1) is 17.9. The maximum absolute atomic E-state index is 6.16. The smallest absolute Gasteiger partial charge is 0.133 e. The number of hydrogen-bond donors (Lipinski definition) is 1. The number of fused-ring (bicyclic) bond motifs is 1. The van der Waals surface area contributed by atoms with Gasteiger partial charge < -0.3 is 10.1 Å². The number of para-hydroxylation sites is 1. The summed E-state index contributed by atoms with van der Waals surface area (Å²) in [5.41, 5.74) is 5.76. The number of nitrogens with one attached hydrogen (secondary N) is 1. The van der Waals surface area contributed by atoms with E-state index in [9.17, 15) is 0 Å². The van der Waals surface area contributed by atoms with Crippen LogP contribution in [0.2, 0.25) is 5.02 Å². The second-order valence-electron chi connectivity index (χ2n) is 6.99. The van der Waals surface area contributed by atoms with Crippen molar-refractivity contribution in [2.45, 2.75) is 32.6 Å². The van der Waals surface area contributed by atoms with Crippen molar-refractivity contribution in [2.24, 2.45) is 0 Å². The topological polar surface area (TPSA) is 39.1 Å². The average Bonchev–Trinajstić information content (AvgIpc) is 2.84. The molecule has 4 rings (SSSR count). The predicted molar refractivity (Wildman–Crippen MR) is 111 cm³/mol. The molecule has 3 aromatic rings. The molecule has 0 radical (unpaired) electrons. The highest BCUT2D eigenvalue weighted by atomic mass is 35.5. The van der Waals surface area contributed by atoms with Crippen molar-refractivity contribution in [1.82, 2.24) is 9.78 Å². The molecule has 0 bridgehead atoms. The average molecular weight is 382 g/mol. The molecule has 27 heavy (non-hydrogen) atoms. The molecular formula is C22H24ClN3O. The molecule has 0 aliphatic carbocycles. The second kappa shape index (κ2) is 7.65. The zero-order valence-electron chi connectivity index (χ0n) is 15.8. The summed E-state index contributed by atoms with van der Waals surface area (Å²) in [4.78, 5) is 0. The van der Waals surface area contributed by atoms with Crippen LogP contribution in [0.4, 0.5) is 5.82 Å². The van der Waals surface area contributed by atoms with Crippen LogP contribution in [0.5, 0.6) is 5.75 Å². The Balaban J connectivity index is 1.82. The third-order valence-corrected chi connectivity index (χ3v) is 5.39. The quantitative estimate of drug-likeness (QED) is 0.676. The van der Waals surface area contributed by atoms with Gasteiger partial charge in [0.15, 0.2) is 0 Å². The van der Waals surface area contributed by atoms with E-state index >= 15 is 0 Å². The van der Waals surface area contributed by atoms with Gasteiger partial charge in [-0.25, -0.2) is 4.68 Å². The number of methoxy groups -OCH3 is 1. The first-order valence-electron chi connectivity index (χ1n) is 9.40. The van der Waals surface area contributed by atoms with Gasteiger partial charge in [0.25, 0.3) is 0 Å². The van der Waals surface area contributed by atoms with Gasteiger partial charge >= 0.3 is 0 Å². The molecule has 0 spiro atoms. The molecule has 0 amide bonds. The van der Waals surface area contributed by atoms with E-state index in [-0.39, 0.29) is 0 Å².